The molecule has 0 aromatic carbocycles. The molecule has 0 unspecified atom stereocenters. The van der Waals surface area contributed by atoms with Crippen molar-refractivity contribution < 1.29 is 13.2 Å². The minimum Gasteiger partial charge on any atom is -0.346 e. The highest BCUT2D eigenvalue weighted by Gasteiger charge is 2.40. The van der Waals surface area contributed by atoms with Gasteiger partial charge in [-0.2, -0.15) is 0 Å². The normalized spacial score (nSPS) is 21.2. The summed E-state index contributed by atoms with van der Waals surface area (Å²) in [5.74, 6) is -0.224. The van der Waals surface area contributed by atoms with Crippen molar-refractivity contribution >= 4 is 25.6 Å². The summed E-state index contributed by atoms with van der Waals surface area (Å²) in [5, 5.41) is 2.94. The minimum absolute atomic E-state index is 0.00725. The average molecular weight is 303 g/mol. The molecule has 1 heterocycles. The van der Waals surface area contributed by atoms with Gasteiger partial charge in [0.2, 0.25) is 0 Å². The summed E-state index contributed by atoms with van der Waals surface area (Å²) in [6.07, 6.45) is 5.32. The smallest absolute Gasteiger partial charge is 0.268 e. The Morgan fingerprint density at radius 2 is 2.11 bits per heavy atom. The maximum atomic E-state index is 12.2. The van der Waals surface area contributed by atoms with Crippen molar-refractivity contribution in [3.63, 3.8) is 0 Å². The zero-order chi connectivity index (χ0) is 13.8. The Morgan fingerprint density at radius 1 is 1.47 bits per heavy atom. The van der Waals surface area contributed by atoms with Gasteiger partial charge in [-0.1, -0.05) is 0 Å². The first kappa shape index (κ1) is 13.0. The van der Waals surface area contributed by atoms with Crippen LogP contribution in [0, 0.1) is 0 Å². The van der Waals surface area contributed by atoms with E-state index in [0.29, 0.717) is 5.69 Å². The lowest BCUT2D eigenvalue weighted by Gasteiger charge is -2.13. The van der Waals surface area contributed by atoms with Crippen LogP contribution in [-0.4, -0.2) is 24.4 Å². The largest absolute Gasteiger partial charge is 0.346 e. The summed E-state index contributed by atoms with van der Waals surface area (Å²) in [7, 11) is 1.55. The second-order valence-electron chi connectivity index (χ2n) is 5.65. The lowest BCUT2D eigenvalue weighted by atomic mass is 10.3. The highest BCUT2D eigenvalue weighted by molar-refractivity contribution is 8.13. The van der Waals surface area contributed by atoms with Crippen LogP contribution in [0.1, 0.15) is 49.1 Å². The molecule has 5 nitrogen and oxygen atoms in total. The van der Waals surface area contributed by atoms with Gasteiger partial charge in [-0.15, -0.1) is 0 Å². The van der Waals surface area contributed by atoms with Crippen LogP contribution >= 0.6 is 10.7 Å². The quantitative estimate of drug-likeness (QED) is 0.865. The SMILES string of the molecule is CC1(NC(=O)c2cc(S(=O)(=O)Cl)cn2C2CC2)CC1. The third kappa shape index (κ3) is 2.65. The number of halogens is 1. The first-order chi connectivity index (χ1) is 8.78. The van der Waals surface area contributed by atoms with Gasteiger partial charge in [0, 0.05) is 28.5 Å². The summed E-state index contributed by atoms with van der Waals surface area (Å²) in [6, 6.07) is 1.58. The van der Waals surface area contributed by atoms with Gasteiger partial charge in [-0.3, -0.25) is 4.79 Å². The van der Waals surface area contributed by atoms with E-state index in [4.69, 9.17) is 10.7 Å². The fraction of sp³-hybridized carbons (Fsp3) is 0.583. The highest BCUT2D eigenvalue weighted by atomic mass is 35.7. The third-order valence-electron chi connectivity index (χ3n) is 3.69. The minimum atomic E-state index is -3.80. The van der Waals surface area contributed by atoms with Gasteiger partial charge in [0.1, 0.15) is 10.6 Å². The molecule has 2 fully saturated rings. The second kappa shape index (κ2) is 3.99. The second-order valence-corrected chi connectivity index (χ2v) is 8.22. The molecular formula is C12H15ClN2O3S. The predicted octanol–water partition coefficient (Wildman–Crippen LogP) is 2.03. The first-order valence-corrected chi connectivity index (χ1v) is 8.58. The van der Waals surface area contributed by atoms with Crippen LogP contribution in [0.25, 0.3) is 0 Å². The Bertz CT molecular complexity index is 642. The van der Waals surface area contributed by atoms with Gasteiger partial charge in [0.15, 0.2) is 0 Å². The highest BCUT2D eigenvalue weighted by Crippen LogP contribution is 2.39. The van der Waals surface area contributed by atoms with Crippen molar-refractivity contribution in [3.05, 3.63) is 18.0 Å². The molecule has 2 saturated carbocycles. The van der Waals surface area contributed by atoms with Gasteiger partial charge in [-0.25, -0.2) is 8.42 Å². The van der Waals surface area contributed by atoms with Crippen LogP contribution in [0.2, 0.25) is 0 Å². The van der Waals surface area contributed by atoms with Gasteiger partial charge in [-0.05, 0) is 38.7 Å². The van der Waals surface area contributed by atoms with Crippen LogP contribution in [0.15, 0.2) is 17.2 Å². The Kier molecular flexibility index (Phi) is 2.73. The molecule has 0 radical (unpaired) electrons. The number of hydrogen-bond acceptors (Lipinski definition) is 3. The molecule has 19 heavy (non-hydrogen) atoms. The summed E-state index contributed by atoms with van der Waals surface area (Å²) in [4.78, 5) is 12.2. The van der Waals surface area contributed by atoms with E-state index in [1.807, 2.05) is 6.92 Å². The van der Waals surface area contributed by atoms with Gasteiger partial charge >= 0.3 is 0 Å². The number of aromatic nitrogens is 1. The van der Waals surface area contributed by atoms with E-state index in [2.05, 4.69) is 5.32 Å². The van der Waals surface area contributed by atoms with E-state index in [0.717, 1.165) is 25.7 Å². The topological polar surface area (TPSA) is 68.2 Å². The molecule has 1 amide bonds. The summed E-state index contributed by atoms with van der Waals surface area (Å²) in [6.45, 7) is 1.98. The molecule has 0 saturated heterocycles. The van der Waals surface area contributed by atoms with Crippen molar-refractivity contribution in [3.8, 4) is 0 Å². The molecular weight excluding hydrogens is 288 g/mol. The molecule has 104 valence electrons. The number of rotatable bonds is 4. The van der Waals surface area contributed by atoms with E-state index in [9.17, 15) is 13.2 Å². The van der Waals surface area contributed by atoms with Crippen molar-refractivity contribution in [2.24, 2.45) is 0 Å². The Hall–Kier alpha value is -1.01. The molecule has 0 atom stereocenters. The van der Waals surface area contributed by atoms with E-state index in [-0.39, 0.29) is 22.4 Å². The number of nitrogens with one attached hydrogen (secondary N) is 1. The average Bonchev–Trinajstić information content (AvgIpc) is 3.19. The van der Waals surface area contributed by atoms with Crippen molar-refractivity contribution in [2.45, 2.75) is 49.1 Å². The Balaban J connectivity index is 1.94. The van der Waals surface area contributed by atoms with Gasteiger partial charge in [0.25, 0.3) is 15.0 Å². The number of carbonyl (C=O) groups excluding carboxylic acids is 1. The predicted molar refractivity (Wildman–Crippen MR) is 70.8 cm³/mol. The third-order valence-corrected chi connectivity index (χ3v) is 5.01. The van der Waals surface area contributed by atoms with E-state index >= 15 is 0 Å². The maximum absolute atomic E-state index is 12.2. The maximum Gasteiger partial charge on any atom is 0.268 e. The first-order valence-electron chi connectivity index (χ1n) is 6.28. The van der Waals surface area contributed by atoms with E-state index in [1.54, 1.807) is 4.57 Å². The number of hydrogen-bond donors (Lipinski definition) is 1. The van der Waals surface area contributed by atoms with Gasteiger partial charge in [0.05, 0.1) is 0 Å². The monoisotopic (exact) mass is 302 g/mol. The zero-order valence-electron chi connectivity index (χ0n) is 10.5. The lowest BCUT2D eigenvalue weighted by molar-refractivity contribution is 0.0926. The van der Waals surface area contributed by atoms with Crippen LogP contribution < -0.4 is 5.32 Å². The van der Waals surface area contributed by atoms with Crippen molar-refractivity contribution in [1.29, 1.82) is 0 Å². The molecule has 2 aliphatic rings. The molecule has 3 rings (SSSR count). The standard InChI is InChI=1S/C12H15ClN2O3S/c1-12(4-5-12)14-11(16)10-6-9(19(13,17)18)7-15(10)8-2-3-8/h6-8H,2-5H2,1H3,(H,14,16). The molecule has 1 aromatic heterocycles. The Labute approximate surface area is 116 Å². The molecule has 7 heteroatoms. The molecule has 2 aliphatic carbocycles. The molecule has 0 bridgehead atoms. The lowest BCUT2D eigenvalue weighted by Crippen LogP contribution is -2.35. The van der Waals surface area contributed by atoms with Crippen molar-refractivity contribution in [1.82, 2.24) is 9.88 Å². The van der Waals surface area contributed by atoms with Crippen LogP contribution in [0.3, 0.4) is 0 Å². The zero-order valence-corrected chi connectivity index (χ0v) is 12.1. The van der Waals surface area contributed by atoms with Crippen LogP contribution in [0.5, 0.6) is 0 Å². The summed E-state index contributed by atoms with van der Waals surface area (Å²) < 4.78 is 24.5. The Morgan fingerprint density at radius 3 is 2.58 bits per heavy atom. The number of nitrogens with zero attached hydrogens (tertiary/aromatic N) is 1. The fourth-order valence-electron chi connectivity index (χ4n) is 2.07. The number of amides is 1. The molecule has 1 aromatic rings. The van der Waals surface area contributed by atoms with E-state index in [1.165, 1.54) is 12.3 Å². The van der Waals surface area contributed by atoms with Crippen LogP contribution in [-0.2, 0) is 9.05 Å². The number of carbonyl (C=O) groups is 1. The van der Waals surface area contributed by atoms with E-state index < -0.39 is 9.05 Å². The molecule has 1 N–H and O–H groups in total. The van der Waals surface area contributed by atoms with Gasteiger partial charge < -0.3 is 9.88 Å². The van der Waals surface area contributed by atoms with Crippen LogP contribution in [0.4, 0.5) is 0 Å². The van der Waals surface area contributed by atoms with Crippen molar-refractivity contribution in [2.75, 3.05) is 0 Å². The molecule has 0 spiro atoms. The fourth-order valence-corrected chi connectivity index (χ4v) is 2.82. The summed E-state index contributed by atoms with van der Waals surface area (Å²) >= 11 is 0. The molecule has 0 aliphatic heterocycles. The summed E-state index contributed by atoms with van der Waals surface area (Å²) in [5.41, 5.74) is 0.255.